The molecule has 3 amide bonds. The highest BCUT2D eigenvalue weighted by molar-refractivity contribution is 6.30. The van der Waals surface area contributed by atoms with Crippen molar-refractivity contribution in [1.29, 1.82) is 0 Å². The number of likely N-dealkylation sites (tertiary alicyclic amines) is 1. The molecule has 1 spiro atoms. The molecule has 3 aliphatic heterocycles. The van der Waals surface area contributed by atoms with E-state index in [0.29, 0.717) is 43.1 Å². The predicted octanol–water partition coefficient (Wildman–Crippen LogP) is 4.61. The molecule has 8 nitrogen and oxygen atoms in total. The van der Waals surface area contributed by atoms with Crippen LogP contribution in [0, 0.1) is 11.8 Å². The number of benzene rings is 2. The minimum absolute atomic E-state index is 0.184. The number of aliphatic hydroxyl groups is 1. The first-order valence-electron chi connectivity index (χ1n) is 14.9. The molecule has 2 bridgehead atoms. The Bertz CT molecular complexity index is 1380. The molecule has 0 saturated carbocycles. The fourth-order valence-electron chi connectivity index (χ4n) is 7.48. The maximum atomic E-state index is 14.7. The Morgan fingerprint density at radius 3 is 2.37 bits per heavy atom. The van der Waals surface area contributed by atoms with Gasteiger partial charge in [-0.05, 0) is 56.0 Å². The van der Waals surface area contributed by atoms with Gasteiger partial charge in [-0.15, -0.1) is 13.2 Å². The second-order valence-corrected chi connectivity index (χ2v) is 12.3. The summed E-state index contributed by atoms with van der Waals surface area (Å²) in [5, 5.41) is 10.8. The van der Waals surface area contributed by atoms with Crippen LogP contribution in [0.15, 0.2) is 79.9 Å². The second kappa shape index (κ2) is 12.3. The van der Waals surface area contributed by atoms with Gasteiger partial charge in [-0.2, -0.15) is 0 Å². The lowest BCUT2D eigenvalue weighted by molar-refractivity contribution is -0.153. The van der Waals surface area contributed by atoms with E-state index in [1.807, 2.05) is 37.3 Å². The normalized spacial score (nSPS) is 28.0. The zero-order valence-electron chi connectivity index (χ0n) is 24.8. The number of nitrogens with zero attached hydrogens (tertiary/aromatic N) is 3. The number of carbonyl (C=O) groups excluding carboxylic acids is 3. The summed E-state index contributed by atoms with van der Waals surface area (Å²) in [7, 11) is 0. The number of hydrogen-bond acceptors (Lipinski definition) is 5. The van der Waals surface area contributed by atoms with Gasteiger partial charge in [0.25, 0.3) is 5.91 Å². The fraction of sp³-hybridized carbons (Fsp3) is 0.441. The minimum Gasteiger partial charge on any atom is -0.394 e. The number of halogens is 1. The van der Waals surface area contributed by atoms with Crippen molar-refractivity contribution < 1.29 is 24.2 Å². The molecule has 0 radical (unpaired) electrons. The van der Waals surface area contributed by atoms with Crippen LogP contribution in [0.1, 0.15) is 38.7 Å². The van der Waals surface area contributed by atoms with Crippen LogP contribution in [0.5, 0.6) is 0 Å². The Morgan fingerprint density at radius 2 is 1.77 bits per heavy atom. The van der Waals surface area contributed by atoms with E-state index in [9.17, 15) is 19.5 Å². The third-order valence-electron chi connectivity index (χ3n) is 9.45. The van der Waals surface area contributed by atoms with Crippen molar-refractivity contribution in [1.82, 2.24) is 9.80 Å². The molecule has 228 valence electrons. The van der Waals surface area contributed by atoms with E-state index in [-0.39, 0.29) is 30.9 Å². The standard InChI is InChI=1S/C34H40ClN3O5/c1-5-19-36(21-24-11-9-8-10-12-24)30(40)27-28-31(41)38(23(4)22-39)29(34(28)18-17-33(27,7-3)43-34)32(42)37(20-6-2)26-15-13-25(35)14-16-26/h5-6,8-16,23,27-29,39H,1-2,7,17-22H2,3-4H3/t23-,27+,28+,29?,33-,34?/m1/s1. The van der Waals surface area contributed by atoms with Crippen LogP contribution >= 0.6 is 11.6 Å². The molecular weight excluding hydrogens is 566 g/mol. The lowest BCUT2D eigenvalue weighted by atomic mass is 9.64. The molecule has 9 heteroatoms. The van der Waals surface area contributed by atoms with Gasteiger partial charge in [-0.1, -0.05) is 61.0 Å². The number of aliphatic hydroxyl groups excluding tert-OH is 1. The van der Waals surface area contributed by atoms with Gasteiger partial charge in [-0.25, -0.2) is 0 Å². The molecule has 0 aliphatic carbocycles. The Hall–Kier alpha value is -3.46. The highest BCUT2D eigenvalue weighted by Gasteiger charge is 2.79. The highest BCUT2D eigenvalue weighted by Crippen LogP contribution is 2.65. The van der Waals surface area contributed by atoms with Crippen LogP contribution in [-0.2, 0) is 25.7 Å². The number of anilines is 1. The largest absolute Gasteiger partial charge is 0.394 e. The Kier molecular flexibility index (Phi) is 8.84. The van der Waals surface area contributed by atoms with E-state index >= 15 is 0 Å². The molecule has 2 aromatic rings. The zero-order chi connectivity index (χ0) is 30.9. The van der Waals surface area contributed by atoms with Crippen LogP contribution in [0.25, 0.3) is 0 Å². The van der Waals surface area contributed by atoms with Gasteiger partial charge in [0.05, 0.1) is 30.1 Å². The van der Waals surface area contributed by atoms with Gasteiger partial charge in [0.1, 0.15) is 11.6 Å². The average molecular weight is 606 g/mol. The molecule has 6 atom stereocenters. The maximum Gasteiger partial charge on any atom is 0.253 e. The van der Waals surface area contributed by atoms with Gasteiger partial charge < -0.3 is 24.5 Å². The molecule has 3 heterocycles. The van der Waals surface area contributed by atoms with Gasteiger partial charge in [0.15, 0.2) is 0 Å². The molecule has 2 unspecified atom stereocenters. The van der Waals surface area contributed by atoms with Crippen LogP contribution < -0.4 is 4.90 Å². The number of fused-ring (bicyclic) bond motifs is 1. The smallest absolute Gasteiger partial charge is 0.253 e. The number of carbonyl (C=O) groups is 3. The van der Waals surface area contributed by atoms with Gasteiger partial charge in [0, 0.05) is 30.3 Å². The van der Waals surface area contributed by atoms with E-state index in [4.69, 9.17) is 16.3 Å². The highest BCUT2D eigenvalue weighted by atomic mass is 35.5. The van der Waals surface area contributed by atoms with Crippen molar-refractivity contribution in [3.05, 3.63) is 90.5 Å². The summed E-state index contributed by atoms with van der Waals surface area (Å²) >= 11 is 6.14. The van der Waals surface area contributed by atoms with Crippen LogP contribution in [0.2, 0.25) is 5.02 Å². The third-order valence-corrected chi connectivity index (χ3v) is 9.70. The summed E-state index contributed by atoms with van der Waals surface area (Å²) in [5.41, 5.74) is -0.536. The van der Waals surface area contributed by atoms with E-state index in [1.54, 1.807) is 53.1 Å². The molecule has 3 aliphatic rings. The fourth-order valence-corrected chi connectivity index (χ4v) is 7.61. The Labute approximate surface area is 258 Å². The molecule has 5 rings (SSSR count). The lowest BCUT2D eigenvalue weighted by Gasteiger charge is -2.38. The summed E-state index contributed by atoms with van der Waals surface area (Å²) in [6, 6.07) is 14.9. The minimum atomic E-state index is -1.22. The van der Waals surface area contributed by atoms with E-state index in [1.165, 1.54) is 4.90 Å². The molecule has 1 N–H and O–H groups in total. The lowest BCUT2D eigenvalue weighted by Crippen LogP contribution is -2.58. The van der Waals surface area contributed by atoms with Gasteiger partial charge in [0.2, 0.25) is 11.8 Å². The van der Waals surface area contributed by atoms with Gasteiger partial charge in [-0.3, -0.25) is 14.4 Å². The molecule has 3 saturated heterocycles. The molecule has 2 aromatic carbocycles. The van der Waals surface area contributed by atoms with Crippen molar-refractivity contribution >= 4 is 35.0 Å². The van der Waals surface area contributed by atoms with Crippen molar-refractivity contribution in [2.75, 3.05) is 24.6 Å². The van der Waals surface area contributed by atoms with Crippen LogP contribution in [0.4, 0.5) is 5.69 Å². The first kappa shape index (κ1) is 31.0. The second-order valence-electron chi connectivity index (χ2n) is 11.8. The number of ether oxygens (including phenoxy) is 1. The first-order valence-corrected chi connectivity index (χ1v) is 15.3. The summed E-state index contributed by atoms with van der Waals surface area (Å²) in [5.74, 6) is -2.50. The molecule has 43 heavy (non-hydrogen) atoms. The molecular formula is C34H40ClN3O5. The Morgan fingerprint density at radius 1 is 1.09 bits per heavy atom. The van der Waals surface area contributed by atoms with E-state index in [2.05, 4.69) is 13.2 Å². The summed E-state index contributed by atoms with van der Waals surface area (Å²) < 4.78 is 6.93. The number of rotatable bonds is 12. The third kappa shape index (κ3) is 5.09. The SMILES string of the molecule is C=CCN(Cc1ccccc1)C(=O)[C@@H]1[C@H]2C(=O)N([C@H](C)CO)C(C(=O)N(CC=C)c3ccc(Cl)cc3)C23CC[C@@]1(CC)O3. The predicted molar refractivity (Wildman–Crippen MR) is 166 cm³/mol. The van der Waals surface area contributed by atoms with E-state index < -0.39 is 35.1 Å². The van der Waals surface area contributed by atoms with Crippen LogP contribution in [0.3, 0.4) is 0 Å². The quantitative estimate of drug-likeness (QED) is 0.357. The maximum absolute atomic E-state index is 14.7. The molecule has 3 fully saturated rings. The Balaban J connectivity index is 1.59. The van der Waals surface area contributed by atoms with Crippen molar-refractivity contribution in [3.63, 3.8) is 0 Å². The van der Waals surface area contributed by atoms with Crippen molar-refractivity contribution in [2.24, 2.45) is 11.8 Å². The summed E-state index contributed by atoms with van der Waals surface area (Å²) in [4.78, 5) is 48.5. The first-order chi connectivity index (χ1) is 20.7. The van der Waals surface area contributed by atoms with Crippen molar-refractivity contribution in [3.8, 4) is 0 Å². The monoisotopic (exact) mass is 605 g/mol. The van der Waals surface area contributed by atoms with Gasteiger partial charge >= 0.3 is 0 Å². The van der Waals surface area contributed by atoms with Crippen molar-refractivity contribution in [2.45, 2.75) is 62.9 Å². The average Bonchev–Trinajstić information content (AvgIpc) is 3.63. The zero-order valence-corrected chi connectivity index (χ0v) is 25.6. The molecule has 0 aromatic heterocycles. The number of hydrogen-bond donors (Lipinski definition) is 1. The van der Waals surface area contributed by atoms with Crippen LogP contribution in [-0.4, -0.2) is 75.6 Å². The van der Waals surface area contributed by atoms with E-state index in [0.717, 1.165) is 5.56 Å². The summed E-state index contributed by atoms with van der Waals surface area (Å²) in [6.07, 6.45) is 4.83. The number of amides is 3. The topological polar surface area (TPSA) is 90.4 Å². The summed E-state index contributed by atoms with van der Waals surface area (Å²) in [6.45, 7) is 11.9.